The number of hydrogen-bond donors (Lipinski definition) is 1. The molecule has 1 radical (unpaired) electrons. The van der Waals surface area contributed by atoms with Crippen LogP contribution in [-0.2, 0) is 9.59 Å². The Morgan fingerprint density at radius 2 is 2.14 bits per heavy atom. The van der Waals surface area contributed by atoms with Gasteiger partial charge in [0.1, 0.15) is 6.04 Å². The second-order valence-corrected chi connectivity index (χ2v) is 4.20. The Labute approximate surface area is 83.4 Å². The molecule has 2 N–H and O–H groups in total. The van der Waals surface area contributed by atoms with Gasteiger partial charge >= 0.3 is 0 Å². The van der Waals surface area contributed by atoms with E-state index in [9.17, 15) is 9.59 Å². The monoisotopic (exact) mass is 195 g/mol. The molecule has 1 aliphatic carbocycles. The van der Waals surface area contributed by atoms with Crippen LogP contribution in [0.25, 0.3) is 0 Å². The lowest BCUT2D eigenvalue weighted by atomic mass is 9.94. The molecule has 1 aliphatic heterocycles. The first-order valence-electron chi connectivity index (χ1n) is 4.99. The van der Waals surface area contributed by atoms with Gasteiger partial charge in [0.2, 0.25) is 11.8 Å². The Morgan fingerprint density at radius 3 is 2.71 bits per heavy atom. The highest BCUT2D eigenvalue weighted by molar-refractivity contribution is 5.86. The molecule has 2 fully saturated rings. The van der Waals surface area contributed by atoms with E-state index in [1.165, 1.54) is 6.92 Å². The Hall–Kier alpha value is -1.06. The van der Waals surface area contributed by atoms with Gasteiger partial charge < -0.3 is 10.6 Å². The van der Waals surface area contributed by atoms with Crippen LogP contribution in [0.2, 0.25) is 0 Å². The summed E-state index contributed by atoms with van der Waals surface area (Å²) in [5.41, 5.74) is 5.34. The Balaban J connectivity index is 2.21. The summed E-state index contributed by atoms with van der Waals surface area (Å²) in [6.45, 7) is 2.20. The molecule has 0 bridgehead atoms. The van der Waals surface area contributed by atoms with Crippen LogP contribution in [0.5, 0.6) is 0 Å². The minimum absolute atomic E-state index is 0.0387. The fraction of sp³-hybridized carbons (Fsp3) is 0.700. The van der Waals surface area contributed by atoms with Crippen LogP contribution in [0.15, 0.2) is 0 Å². The van der Waals surface area contributed by atoms with Gasteiger partial charge in [0.05, 0.1) is 0 Å². The normalized spacial score (nSPS) is 35.8. The number of rotatable bonds is 1. The molecular formula is C10H15N2O2. The van der Waals surface area contributed by atoms with Crippen molar-refractivity contribution in [3.8, 4) is 0 Å². The summed E-state index contributed by atoms with van der Waals surface area (Å²) in [6, 6.07) is -0.365. The summed E-state index contributed by atoms with van der Waals surface area (Å²) in [6.07, 6.45) is 4.13. The molecule has 0 aromatic rings. The summed E-state index contributed by atoms with van der Waals surface area (Å²) in [5.74, 6) is 0.332. The average Bonchev–Trinajstić information content (AvgIpc) is 2.58. The first-order chi connectivity index (χ1) is 6.61. The minimum atomic E-state index is -0.365. The van der Waals surface area contributed by atoms with Gasteiger partial charge in [-0.15, -0.1) is 0 Å². The zero-order valence-corrected chi connectivity index (χ0v) is 8.27. The van der Waals surface area contributed by atoms with Gasteiger partial charge in [0.15, 0.2) is 0 Å². The summed E-state index contributed by atoms with van der Waals surface area (Å²) >= 11 is 0. The molecule has 77 valence electrons. The van der Waals surface area contributed by atoms with Crippen molar-refractivity contribution in [3.63, 3.8) is 0 Å². The topological polar surface area (TPSA) is 63.4 Å². The van der Waals surface area contributed by atoms with Crippen LogP contribution < -0.4 is 5.73 Å². The molecule has 2 rings (SSSR count). The van der Waals surface area contributed by atoms with Gasteiger partial charge in [-0.3, -0.25) is 9.59 Å². The predicted molar refractivity (Wildman–Crippen MR) is 50.9 cm³/mol. The highest BCUT2D eigenvalue weighted by Crippen LogP contribution is 2.41. The van der Waals surface area contributed by atoms with Gasteiger partial charge in [0, 0.05) is 13.5 Å². The van der Waals surface area contributed by atoms with Crippen LogP contribution in [-0.4, -0.2) is 29.3 Å². The third kappa shape index (κ3) is 1.29. The molecule has 2 amide bonds. The molecular weight excluding hydrogens is 180 g/mol. The number of likely N-dealkylation sites (tertiary alicyclic amines) is 1. The van der Waals surface area contributed by atoms with Gasteiger partial charge in [-0.1, -0.05) is 0 Å². The lowest BCUT2D eigenvalue weighted by Crippen LogP contribution is -2.45. The fourth-order valence-electron chi connectivity index (χ4n) is 2.75. The Morgan fingerprint density at radius 1 is 1.43 bits per heavy atom. The number of primary amides is 1. The lowest BCUT2D eigenvalue weighted by Gasteiger charge is -2.23. The molecule has 14 heavy (non-hydrogen) atoms. The molecule has 2 aliphatic rings. The Kier molecular flexibility index (Phi) is 2.21. The summed E-state index contributed by atoms with van der Waals surface area (Å²) in [7, 11) is 0. The standard InChI is InChI=1S/C10H15N2O2/c1-6(13)12-5-7-3-2-4-8(7)9(12)10(11)14/h2,7-9H,3-5H2,1H3,(H2,11,14). The quantitative estimate of drug-likeness (QED) is 0.636. The molecule has 3 atom stereocenters. The predicted octanol–water partition coefficient (Wildman–Crippen LogP) is -0.0671. The lowest BCUT2D eigenvalue weighted by molar-refractivity contribution is -0.136. The fourth-order valence-corrected chi connectivity index (χ4v) is 2.75. The van der Waals surface area contributed by atoms with Crippen molar-refractivity contribution in [2.24, 2.45) is 17.6 Å². The zero-order valence-electron chi connectivity index (χ0n) is 8.27. The van der Waals surface area contributed by atoms with E-state index in [0.29, 0.717) is 12.5 Å². The van der Waals surface area contributed by atoms with Crippen LogP contribution in [0.3, 0.4) is 0 Å². The van der Waals surface area contributed by atoms with E-state index >= 15 is 0 Å². The third-order valence-electron chi connectivity index (χ3n) is 3.38. The number of fused-ring (bicyclic) bond motifs is 1. The van der Waals surface area contributed by atoms with Crippen LogP contribution in [0.4, 0.5) is 0 Å². The van der Waals surface area contributed by atoms with E-state index in [0.717, 1.165) is 12.8 Å². The van der Waals surface area contributed by atoms with Crippen molar-refractivity contribution >= 4 is 11.8 Å². The number of hydrogen-bond acceptors (Lipinski definition) is 2. The second-order valence-electron chi connectivity index (χ2n) is 4.20. The molecule has 1 saturated heterocycles. The number of carbonyl (C=O) groups excluding carboxylic acids is 2. The number of carbonyl (C=O) groups is 2. The molecule has 3 unspecified atom stereocenters. The SMILES string of the molecule is CC(=O)N1CC2C[CH]CC2C1C(N)=O. The molecule has 0 aromatic heterocycles. The van der Waals surface area contributed by atoms with Gasteiger partial charge in [-0.2, -0.15) is 0 Å². The molecule has 0 aromatic carbocycles. The smallest absolute Gasteiger partial charge is 0.240 e. The second kappa shape index (κ2) is 3.26. The summed E-state index contributed by atoms with van der Waals surface area (Å²) in [4.78, 5) is 24.2. The van der Waals surface area contributed by atoms with E-state index in [1.54, 1.807) is 4.90 Å². The highest BCUT2D eigenvalue weighted by atomic mass is 16.2. The molecule has 0 spiro atoms. The van der Waals surface area contributed by atoms with E-state index in [-0.39, 0.29) is 23.8 Å². The van der Waals surface area contributed by atoms with Gasteiger partial charge in [0.25, 0.3) is 0 Å². The van der Waals surface area contributed by atoms with Crippen molar-refractivity contribution in [2.75, 3.05) is 6.54 Å². The zero-order chi connectivity index (χ0) is 10.3. The molecule has 1 saturated carbocycles. The van der Waals surface area contributed by atoms with E-state index < -0.39 is 0 Å². The van der Waals surface area contributed by atoms with E-state index in [1.807, 2.05) is 0 Å². The number of amides is 2. The van der Waals surface area contributed by atoms with Crippen molar-refractivity contribution in [1.29, 1.82) is 0 Å². The summed E-state index contributed by atoms with van der Waals surface area (Å²) < 4.78 is 0. The molecule has 4 heteroatoms. The van der Waals surface area contributed by atoms with Crippen LogP contribution in [0.1, 0.15) is 19.8 Å². The highest BCUT2D eigenvalue weighted by Gasteiger charge is 2.47. The largest absolute Gasteiger partial charge is 0.368 e. The van der Waals surface area contributed by atoms with Crippen molar-refractivity contribution in [3.05, 3.63) is 6.42 Å². The van der Waals surface area contributed by atoms with E-state index in [2.05, 4.69) is 6.42 Å². The van der Waals surface area contributed by atoms with E-state index in [4.69, 9.17) is 5.73 Å². The maximum atomic E-state index is 11.3. The number of nitrogens with zero attached hydrogens (tertiary/aromatic N) is 1. The maximum absolute atomic E-state index is 11.3. The van der Waals surface area contributed by atoms with Gasteiger partial charge in [-0.05, 0) is 31.1 Å². The molecule has 4 nitrogen and oxygen atoms in total. The van der Waals surface area contributed by atoms with Crippen molar-refractivity contribution < 1.29 is 9.59 Å². The summed E-state index contributed by atoms with van der Waals surface area (Å²) in [5, 5.41) is 0. The van der Waals surface area contributed by atoms with Crippen LogP contribution in [0, 0.1) is 18.3 Å². The van der Waals surface area contributed by atoms with Crippen molar-refractivity contribution in [1.82, 2.24) is 4.90 Å². The first-order valence-corrected chi connectivity index (χ1v) is 4.99. The average molecular weight is 195 g/mol. The minimum Gasteiger partial charge on any atom is -0.368 e. The van der Waals surface area contributed by atoms with Crippen molar-refractivity contribution in [2.45, 2.75) is 25.8 Å². The maximum Gasteiger partial charge on any atom is 0.240 e. The Bertz CT molecular complexity index is 277. The van der Waals surface area contributed by atoms with Gasteiger partial charge in [-0.25, -0.2) is 0 Å². The molecule has 1 heterocycles. The third-order valence-corrected chi connectivity index (χ3v) is 3.38. The first kappa shape index (κ1) is 9.49. The number of nitrogens with two attached hydrogens (primary N) is 1. The van der Waals surface area contributed by atoms with Crippen LogP contribution >= 0.6 is 0 Å².